The lowest BCUT2D eigenvalue weighted by molar-refractivity contribution is -0.0226. The highest BCUT2D eigenvalue weighted by molar-refractivity contribution is 5.09. The van der Waals surface area contributed by atoms with Crippen molar-refractivity contribution < 1.29 is 5.11 Å². The van der Waals surface area contributed by atoms with Gasteiger partial charge in [-0.1, -0.05) is 26.7 Å². The molecule has 1 saturated carbocycles. The molecule has 0 spiro atoms. The molecule has 68 valence electrons. The van der Waals surface area contributed by atoms with Crippen LogP contribution >= 0.6 is 0 Å². The van der Waals surface area contributed by atoms with Crippen LogP contribution in [-0.4, -0.2) is 10.7 Å². The van der Waals surface area contributed by atoms with Crippen molar-refractivity contribution in [3.8, 4) is 6.07 Å². The zero-order valence-corrected chi connectivity index (χ0v) is 7.93. The molecule has 1 rings (SSSR count). The summed E-state index contributed by atoms with van der Waals surface area (Å²) in [5, 5.41) is 18.9. The SMILES string of the molecule is CC1(C)CCCCCC1(O)C#N. The lowest BCUT2D eigenvalue weighted by Crippen LogP contribution is -2.42. The van der Waals surface area contributed by atoms with E-state index >= 15 is 0 Å². The summed E-state index contributed by atoms with van der Waals surface area (Å²) in [6.45, 7) is 3.98. The molecule has 12 heavy (non-hydrogen) atoms. The molecule has 1 N–H and O–H groups in total. The number of nitriles is 1. The van der Waals surface area contributed by atoms with E-state index in [9.17, 15) is 5.11 Å². The van der Waals surface area contributed by atoms with E-state index in [0.717, 1.165) is 25.7 Å². The van der Waals surface area contributed by atoms with Crippen molar-refractivity contribution in [3.05, 3.63) is 0 Å². The molecule has 1 atom stereocenters. The molecule has 2 heteroatoms. The molecule has 0 aromatic rings. The summed E-state index contributed by atoms with van der Waals surface area (Å²) in [7, 11) is 0. The average Bonchev–Trinajstić information content (AvgIpc) is 2.13. The molecule has 0 amide bonds. The van der Waals surface area contributed by atoms with Gasteiger partial charge in [-0.3, -0.25) is 0 Å². The Labute approximate surface area is 74.2 Å². The highest BCUT2D eigenvalue weighted by atomic mass is 16.3. The summed E-state index contributed by atoms with van der Waals surface area (Å²) in [4.78, 5) is 0. The topological polar surface area (TPSA) is 44.0 Å². The second-order valence-corrected chi connectivity index (χ2v) is 4.42. The van der Waals surface area contributed by atoms with Crippen molar-refractivity contribution in [3.63, 3.8) is 0 Å². The van der Waals surface area contributed by atoms with Gasteiger partial charge in [-0.05, 0) is 19.3 Å². The molecule has 0 aromatic carbocycles. The van der Waals surface area contributed by atoms with Crippen LogP contribution in [0.25, 0.3) is 0 Å². The Kier molecular flexibility index (Phi) is 2.44. The molecule has 1 aliphatic carbocycles. The highest BCUT2D eigenvalue weighted by Crippen LogP contribution is 2.41. The minimum Gasteiger partial charge on any atom is -0.375 e. The van der Waals surface area contributed by atoms with Crippen molar-refractivity contribution in [2.75, 3.05) is 0 Å². The van der Waals surface area contributed by atoms with Crippen molar-refractivity contribution in [1.29, 1.82) is 5.26 Å². The Morgan fingerprint density at radius 1 is 1.17 bits per heavy atom. The lowest BCUT2D eigenvalue weighted by atomic mass is 9.72. The number of aliphatic hydroxyl groups is 1. The molecule has 0 saturated heterocycles. The average molecular weight is 167 g/mol. The van der Waals surface area contributed by atoms with Crippen molar-refractivity contribution in [2.24, 2.45) is 5.41 Å². The van der Waals surface area contributed by atoms with E-state index in [1.165, 1.54) is 0 Å². The molecular weight excluding hydrogens is 150 g/mol. The number of hydrogen-bond donors (Lipinski definition) is 1. The predicted octanol–water partition coefficient (Wildman–Crippen LogP) is 2.23. The van der Waals surface area contributed by atoms with Gasteiger partial charge in [-0.15, -0.1) is 0 Å². The van der Waals surface area contributed by atoms with Gasteiger partial charge in [0.2, 0.25) is 0 Å². The molecule has 0 radical (unpaired) electrons. The first kappa shape index (κ1) is 9.54. The van der Waals surface area contributed by atoms with Crippen LogP contribution < -0.4 is 0 Å². The van der Waals surface area contributed by atoms with Gasteiger partial charge in [0.25, 0.3) is 0 Å². The molecule has 1 aliphatic rings. The number of nitrogens with zero attached hydrogens (tertiary/aromatic N) is 1. The van der Waals surface area contributed by atoms with Crippen molar-refractivity contribution in [2.45, 2.75) is 51.6 Å². The van der Waals surface area contributed by atoms with E-state index in [2.05, 4.69) is 6.07 Å². The number of hydrogen-bond acceptors (Lipinski definition) is 2. The fourth-order valence-electron chi connectivity index (χ4n) is 1.88. The summed E-state index contributed by atoms with van der Waals surface area (Å²) >= 11 is 0. The summed E-state index contributed by atoms with van der Waals surface area (Å²) in [5.74, 6) is 0. The molecule has 1 unspecified atom stereocenters. The maximum atomic E-state index is 10.0. The molecule has 0 heterocycles. The predicted molar refractivity (Wildman–Crippen MR) is 47.4 cm³/mol. The van der Waals surface area contributed by atoms with Gasteiger partial charge in [-0.2, -0.15) is 5.26 Å². The first-order chi connectivity index (χ1) is 5.52. The third-order valence-corrected chi connectivity index (χ3v) is 3.14. The lowest BCUT2D eigenvalue weighted by Gasteiger charge is -2.35. The van der Waals surface area contributed by atoms with Crippen LogP contribution in [0, 0.1) is 16.7 Å². The smallest absolute Gasteiger partial charge is 0.156 e. The first-order valence-electron chi connectivity index (χ1n) is 4.65. The standard InChI is InChI=1S/C10H17NO/c1-9(2)6-4-3-5-7-10(9,12)8-11/h12H,3-7H2,1-2H3. The van der Waals surface area contributed by atoms with Crippen LogP contribution in [-0.2, 0) is 0 Å². The first-order valence-corrected chi connectivity index (χ1v) is 4.65. The molecule has 0 aliphatic heterocycles. The maximum Gasteiger partial charge on any atom is 0.156 e. The quantitative estimate of drug-likeness (QED) is 0.444. The third-order valence-electron chi connectivity index (χ3n) is 3.14. The molecular formula is C10H17NO. The maximum absolute atomic E-state index is 10.0. The summed E-state index contributed by atoms with van der Waals surface area (Å²) in [6, 6.07) is 2.07. The number of rotatable bonds is 0. The van der Waals surface area contributed by atoms with Gasteiger partial charge in [0.15, 0.2) is 5.60 Å². The van der Waals surface area contributed by atoms with Gasteiger partial charge in [0.1, 0.15) is 0 Å². The van der Waals surface area contributed by atoms with Crippen LogP contribution in [0.2, 0.25) is 0 Å². The Hall–Kier alpha value is -0.550. The molecule has 2 nitrogen and oxygen atoms in total. The Morgan fingerprint density at radius 3 is 2.33 bits per heavy atom. The minimum absolute atomic E-state index is 0.238. The summed E-state index contributed by atoms with van der Waals surface area (Å²) in [6.07, 6.45) is 4.85. The highest BCUT2D eigenvalue weighted by Gasteiger charge is 2.44. The van der Waals surface area contributed by atoms with Crippen LogP contribution in [0.4, 0.5) is 0 Å². The van der Waals surface area contributed by atoms with Crippen LogP contribution in [0.3, 0.4) is 0 Å². The summed E-state index contributed by atoms with van der Waals surface area (Å²) in [5.41, 5.74) is -1.33. The molecule has 0 bridgehead atoms. The van der Waals surface area contributed by atoms with Gasteiger partial charge in [0.05, 0.1) is 6.07 Å². The Balaban J connectivity index is 2.87. The fourth-order valence-corrected chi connectivity index (χ4v) is 1.88. The largest absolute Gasteiger partial charge is 0.375 e. The van der Waals surface area contributed by atoms with Gasteiger partial charge < -0.3 is 5.11 Å². The van der Waals surface area contributed by atoms with Crippen molar-refractivity contribution in [1.82, 2.24) is 0 Å². The zero-order valence-electron chi connectivity index (χ0n) is 7.93. The zero-order chi connectivity index (χ0) is 9.24. The van der Waals surface area contributed by atoms with Crippen LogP contribution in [0.15, 0.2) is 0 Å². The Bertz CT molecular complexity index is 204. The fraction of sp³-hybridized carbons (Fsp3) is 0.900. The van der Waals surface area contributed by atoms with E-state index in [-0.39, 0.29) is 5.41 Å². The normalized spacial score (nSPS) is 35.2. The molecule has 1 fully saturated rings. The summed E-state index contributed by atoms with van der Waals surface area (Å²) < 4.78 is 0. The van der Waals surface area contributed by atoms with Crippen LogP contribution in [0.5, 0.6) is 0 Å². The van der Waals surface area contributed by atoms with Gasteiger partial charge >= 0.3 is 0 Å². The monoisotopic (exact) mass is 167 g/mol. The van der Waals surface area contributed by atoms with E-state index in [1.807, 2.05) is 13.8 Å². The Morgan fingerprint density at radius 2 is 1.75 bits per heavy atom. The van der Waals surface area contributed by atoms with E-state index in [1.54, 1.807) is 0 Å². The van der Waals surface area contributed by atoms with E-state index in [0.29, 0.717) is 6.42 Å². The third kappa shape index (κ3) is 1.47. The second kappa shape index (κ2) is 3.06. The van der Waals surface area contributed by atoms with Crippen molar-refractivity contribution >= 4 is 0 Å². The van der Waals surface area contributed by atoms with Gasteiger partial charge in [-0.25, -0.2) is 0 Å². The van der Waals surface area contributed by atoms with E-state index in [4.69, 9.17) is 5.26 Å². The van der Waals surface area contributed by atoms with Gasteiger partial charge in [0, 0.05) is 5.41 Å². The molecule has 0 aromatic heterocycles. The van der Waals surface area contributed by atoms with Crippen LogP contribution in [0.1, 0.15) is 46.0 Å². The second-order valence-electron chi connectivity index (χ2n) is 4.42. The van der Waals surface area contributed by atoms with E-state index < -0.39 is 5.60 Å². The minimum atomic E-state index is -1.09.